The number of benzodiazepines with no additional fused rings is 1. The van der Waals surface area contributed by atoms with Gasteiger partial charge in [-0.15, -0.1) is 0 Å². The minimum atomic E-state index is -1.50. The van der Waals surface area contributed by atoms with E-state index >= 15 is 0 Å². The molecule has 3 rings (SSSR count). The number of ether oxygens (including phenoxy) is 1. The molecular weight excluding hydrogens is 386 g/mol. The highest BCUT2D eigenvalue weighted by molar-refractivity contribution is 6.32. The van der Waals surface area contributed by atoms with Gasteiger partial charge in [-0.3, -0.25) is 9.69 Å². The average molecular weight is 404 g/mol. The molecule has 0 aliphatic carbocycles. The summed E-state index contributed by atoms with van der Waals surface area (Å²) in [4.78, 5) is 31.3. The quantitative estimate of drug-likeness (QED) is 0.758. The third-order valence-electron chi connectivity index (χ3n) is 4.22. The topological polar surface area (TPSA) is 103 Å². The first-order valence-corrected chi connectivity index (χ1v) is 8.72. The molecule has 28 heavy (non-hydrogen) atoms. The first-order chi connectivity index (χ1) is 13.5. The van der Waals surface area contributed by atoms with Crippen LogP contribution in [-0.4, -0.2) is 59.6 Å². The predicted molar refractivity (Wildman–Crippen MR) is 103 cm³/mol. The van der Waals surface area contributed by atoms with E-state index < -0.39 is 31.7 Å². The van der Waals surface area contributed by atoms with Crippen molar-refractivity contribution in [1.82, 2.24) is 4.90 Å². The van der Waals surface area contributed by atoms with Crippen LogP contribution in [0.4, 0.5) is 10.5 Å². The largest absolute Gasteiger partial charge is 0.415 e. The maximum Gasteiger partial charge on any atom is 0.415 e. The number of hydrogen-bond donors (Lipinski definition) is 2. The monoisotopic (exact) mass is 403 g/mol. The lowest BCUT2D eigenvalue weighted by Gasteiger charge is -2.22. The van der Waals surface area contributed by atoms with Crippen LogP contribution in [0, 0.1) is 0 Å². The second kappa shape index (κ2) is 8.39. The number of benzene rings is 2. The molecule has 2 N–H and O–H groups in total. The van der Waals surface area contributed by atoms with E-state index in [4.69, 9.17) is 26.6 Å². The molecular formula is C19H18ClN3O5. The summed E-state index contributed by atoms with van der Waals surface area (Å²) in [5, 5.41) is 18.7. The van der Waals surface area contributed by atoms with Crippen LogP contribution in [0.5, 0.6) is 0 Å². The summed E-state index contributed by atoms with van der Waals surface area (Å²) in [6.45, 7) is -1.53. The highest BCUT2D eigenvalue weighted by Gasteiger charge is 2.33. The lowest BCUT2D eigenvalue weighted by Crippen LogP contribution is -2.41. The van der Waals surface area contributed by atoms with Crippen molar-refractivity contribution in [2.75, 3.05) is 25.4 Å². The van der Waals surface area contributed by atoms with Crippen LogP contribution < -0.4 is 4.90 Å². The van der Waals surface area contributed by atoms with Gasteiger partial charge in [0.25, 0.3) is 12.1 Å². The molecule has 0 saturated carbocycles. The summed E-state index contributed by atoms with van der Waals surface area (Å²) < 4.78 is 5.17. The van der Waals surface area contributed by atoms with E-state index in [9.17, 15) is 9.59 Å². The molecule has 0 spiro atoms. The molecule has 2 amide bonds. The summed E-state index contributed by atoms with van der Waals surface area (Å²) in [5.74, 6) is -0.585. The number of carbonyl (C=O) groups excluding carboxylic acids is 2. The molecule has 2 aromatic rings. The van der Waals surface area contributed by atoms with Crippen LogP contribution in [0.1, 0.15) is 11.1 Å². The van der Waals surface area contributed by atoms with E-state index in [-0.39, 0.29) is 0 Å². The minimum absolute atomic E-state index is 0.424. The molecule has 0 radical (unpaired) electrons. The van der Waals surface area contributed by atoms with E-state index in [0.29, 0.717) is 32.4 Å². The summed E-state index contributed by atoms with van der Waals surface area (Å²) in [7, 11) is 1.54. The Morgan fingerprint density at radius 1 is 1.21 bits per heavy atom. The molecule has 146 valence electrons. The number of nitrogens with zero attached hydrogens (tertiary/aromatic N) is 3. The van der Waals surface area contributed by atoms with E-state index in [1.54, 1.807) is 18.2 Å². The lowest BCUT2D eigenvalue weighted by molar-refractivity contribution is -0.127. The van der Waals surface area contributed by atoms with Crippen LogP contribution in [-0.2, 0) is 9.53 Å². The third-order valence-corrected chi connectivity index (χ3v) is 4.46. The second-order valence-electron chi connectivity index (χ2n) is 5.96. The van der Waals surface area contributed by atoms with Crippen LogP contribution in [0.15, 0.2) is 53.5 Å². The van der Waals surface area contributed by atoms with Crippen LogP contribution in [0.3, 0.4) is 0 Å². The van der Waals surface area contributed by atoms with E-state index in [2.05, 4.69) is 4.99 Å². The Morgan fingerprint density at radius 3 is 2.54 bits per heavy atom. The van der Waals surface area contributed by atoms with Gasteiger partial charge in [0.1, 0.15) is 13.5 Å². The van der Waals surface area contributed by atoms with Gasteiger partial charge in [0.15, 0.2) is 0 Å². The standard InChI is InChI=1S/C19H18ClN3O5/c1-22-15-8-7-13(20)9-14(15)16(12-5-3-2-4-6-12)21-17(18(22)26)28-19(27)23(10-24)11-25/h2-9,17,24-25H,10-11H2,1H3. The van der Waals surface area contributed by atoms with Crippen LogP contribution in [0.2, 0.25) is 5.02 Å². The number of likely N-dealkylation sites (N-methyl/N-ethyl adjacent to an activating group) is 1. The molecule has 0 fully saturated rings. The Morgan fingerprint density at radius 2 is 1.89 bits per heavy atom. The molecule has 0 aromatic heterocycles. The fourth-order valence-corrected chi connectivity index (χ4v) is 2.92. The van der Waals surface area contributed by atoms with E-state index in [1.807, 2.05) is 30.3 Å². The van der Waals surface area contributed by atoms with Crippen molar-refractivity contribution in [3.05, 3.63) is 64.7 Å². The molecule has 2 aromatic carbocycles. The van der Waals surface area contributed by atoms with Gasteiger partial charge in [-0.25, -0.2) is 9.79 Å². The highest BCUT2D eigenvalue weighted by Crippen LogP contribution is 2.30. The normalized spacial score (nSPS) is 16.1. The maximum atomic E-state index is 12.9. The predicted octanol–water partition coefficient (Wildman–Crippen LogP) is 1.82. The maximum absolute atomic E-state index is 12.9. The van der Waals surface area contributed by atoms with Crippen LogP contribution in [0.25, 0.3) is 0 Å². The summed E-state index contributed by atoms with van der Waals surface area (Å²) in [6, 6.07) is 14.1. The molecule has 1 heterocycles. The molecule has 1 atom stereocenters. The highest BCUT2D eigenvalue weighted by atomic mass is 35.5. The smallest absolute Gasteiger partial charge is 0.414 e. The Labute approximate surface area is 166 Å². The Balaban J connectivity index is 2.11. The third kappa shape index (κ3) is 3.84. The van der Waals surface area contributed by atoms with Crippen molar-refractivity contribution in [3.63, 3.8) is 0 Å². The van der Waals surface area contributed by atoms with Crippen molar-refractivity contribution in [2.24, 2.45) is 4.99 Å². The van der Waals surface area contributed by atoms with Crippen molar-refractivity contribution in [1.29, 1.82) is 0 Å². The Kier molecular flexibility index (Phi) is 5.93. The number of aliphatic hydroxyl groups is 2. The fraction of sp³-hybridized carbons (Fsp3) is 0.211. The molecule has 8 nitrogen and oxygen atoms in total. The van der Waals surface area contributed by atoms with Crippen LogP contribution >= 0.6 is 11.6 Å². The van der Waals surface area contributed by atoms with Gasteiger partial charge >= 0.3 is 6.09 Å². The SMILES string of the molecule is CN1C(=O)C(OC(=O)N(CO)CO)N=C(c2ccccc2)c2cc(Cl)ccc21. The Bertz CT molecular complexity index is 915. The zero-order valence-corrected chi connectivity index (χ0v) is 15.7. The van der Waals surface area contributed by atoms with Crippen molar-refractivity contribution in [2.45, 2.75) is 6.23 Å². The molecule has 0 saturated heterocycles. The average Bonchev–Trinajstić information content (AvgIpc) is 2.80. The van der Waals surface area contributed by atoms with Gasteiger partial charge in [-0.2, -0.15) is 0 Å². The van der Waals surface area contributed by atoms with Crippen molar-refractivity contribution in [3.8, 4) is 0 Å². The molecule has 1 aliphatic rings. The Hall–Kier alpha value is -2.94. The van der Waals surface area contributed by atoms with E-state index in [0.717, 1.165) is 0 Å². The van der Waals surface area contributed by atoms with Gasteiger partial charge in [0, 0.05) is 23.2 Å². The fourth-order valence-electron chi connectivity index (χ4n) is 2.75. The van der Waals surface area contributed by atoms with Gasteiger partial charge in [-0.05, 0) is 18.2 Å². The first kappa shape index (κ1) is 19.8. The number of amides is 2. The number of hydrogen-bond acceptors (Lipinski definition) is 6. The number of carbonyl (C=O) groups is 2. The second-order valence-corrected chi connectivity index (χ2v) is 6.40. The number of fused-ring (bicyclic) bond motifs is 1. The first-order valence-electron chi connectivity index (χ1n) is 8.34. The zero-order chi connectivity index (χ0) is 20.3. The zero-order valence-electron chi connectivity index (χ0n) is 14.9. The van der Waals surface area contributed by atoms with E-state index in [1.165, 1.54) is 11.9 Å². The van der Waals surface area contributed by atoms with Crippen molar-refractivity contribution >= 4 is 35.0 Å². The van der Waals surface area contributed by atoms with Gasteiger partial charge in [0.05, 0.1) is 11.4 Å². The van der Waals surface area contributed by atoms with Gasteiger partial charge in [0.2, 0.25) is 0 Å². The number of rotatable bonds is 4. The molecule has 1 unspecified atom stereocenters. The molecule has 0 bridgehead atoms. The molecule has 9 heteroatoms. The van der Waals surface area contributed by atoms with Crippen molar-refractivity contribution < 1.29 is 24.5 Å². The summed E-state index contributed by atoms with van der Waals surface area (Å²) in [5.41, 5.74) is 2.29. The summed E-state index contributed by atoms with van der Waals surface area (Å²) >= 11 is 6.16. The lowest BCUT2D eigenvalue weighted by atomic mass is 10.0. The number of anilines is 1. The number of aliphatic imine (C=N–C) groups is 1. The minimum Gasteiger partial charge on any atom is -0.414 e. The molecule has 1 aliphatic heterocycles. The van der Waals surface area contributed by atoms with Gasteiger partial charge < -0.3 is 19.8 Å². The number of halogens is 1. The van der Waals surface area contributed by atoms with Gasteiger partial charge in [-0.1, -0.05) is 41.9 Å². The number of aliphatic hydroxyl groups excluding tert-OH is 2. The summed E-state index contributed by atoms with van der Waals surface area (Å²) in [6.07, 6.45) is -2.57.